The standard InChI is InChI=1S/C10H17F3N2S/c11-10(12,13)7-15(8-4-5-8)6-2-1-3-9(14)16/h8H,1-7H2,(H2,14,16). The quantitative estimate of drug-likeness (QED) is 0.559. The third-order valence-electron chi connectivity index (χ3n) is 2.56. The molecular formula is C10H17F3N2S. The van der Waals surface area contributed by atoms with Crippen LogP contribution in [0.25, 0.3) is 0 Å². The number of nitrogens with two attached hydrogens (primary N) is 1. The van der Waals surface area contributed by atoms with Crippen LogP contribution in [0.5, 0.6) is 0 Å². The average molecular weight is 254 g/mol. The summed E-state index contributed by atoms with van der Waals surface area (Å²) in [7, 11) is 0. The largest absolute Gasteiger partial charge is 0.401 e. The van der Waals surface area contributed by atoms with Gasteiger partial charge in [-0.25, -0.2) is 0 Å². The SMILES string of the molecule is NC(=S)CCCCN(CC(F)(F)F)C1CC1. The summed E-state index contributed by atoms with van der Waals surface area (Å²) in [6.45, 7) is -0.294. The number of hydrogen-bond acceptors (Lipinski definition) is 2. The molecule has 0 unspecified atom stereocenters. The second kappa shape index (κ2) is 5.82. The van der Waals surface area contributed by atoms with E-state index in [9.17, 15) is 13.2 Å². The van der Waals surface area contributed by atoms with Crippen molar-refractivity contribution in [2.24, 2.45) is 5.73 Å². The normalized spacial score (nSPS) is 16.8. The lowest BCUT2D eigenvalue weighted by atomic mass is 10.2. The van der Waals surface area contributed by atoms with Crippen LogP contribution in [0.1, 0.15) is 32.1 Å². The van der Waals surface area contributed by atoms with Crippen molar-refractivity contribution in [3.63, 3.8) is 0 Å². The molecule has 94 valence electrons. The van der Waals surface area contributed by atoms with Gasteiger partial charge in [0, 0.05) is 6.04 Å². The van der Waals surface area contributed by atoms with Gasteiger partial charge in [-0.1, -0.05) is 12.2 Å². The van der Waals surface area contributed by atoms with Crippen LogP contribution < -0.4 is 5.73 Å². The molecule has 1 aliphatic carbocycles. The van der Waals surface area contributed by atoms with Gasteiger partial charge >= 0.3 is 6.18 Å². The molecule has 0 saturated heterocycles. The lowest BCUT2D eigenvalue weighted by Gasteiger charge is -2.23. The van der Waals surface area contributed by atoms with E-state index in [1.165, 1.54) is 4.90 Å². The molecule has 6 heteroatoms. The van der Waals surface area contributed by atoms with E-state index in [4.69, 9.17) is 18.0 Å². The third kappa shape index (κ3) is 6.27. The van der Waals surface area contributed by atoms with Crippen LogP contribution in [-0.4, -0.2) is 35.2 Å². The Morgan fingerprint density at radius 3 is 2.38 bits per heavy atom. The Morgan fingerprint density at radius 2 is 1.94 bits per heavy atom. The molecule has 0 bridgehead atoms. The highest BCUT2D eigenvalue weighted by molar-refractivity contribution is 7.80. The highest BCUT2D eigenvalue weighted by atomic mass is 32.1. The van der Waals surface area contributed by atoms with Gasteiger partial charge < -0.3 is 5.73 Å². The van der Waals surface area contributed by atoms with E-state index >= 15 is 0 Å². The first-order chi connectivity index (χ1) is 7.38. The van der Waals surface area contributed by atoms with Gasteiger partial charge in [-0.3, -0.25) is 4.90 Å². The van der Waals surface area contributed by atoms with Gasteiger partial charge in [0.05, 0.1) is 11.5 Å². The zero-order chi connectivity index (χ0) is 12.2. The Bertz CT molecular complexity index is 239. The first-order valence-corrected chi connectivity index (χ1v) is 5.88. The molecule has 0 amide bonds. The van der Waals surface area contributed by atoms with Crippen LogP contribution in [0, 0.1) is 0 Å². The number of rotatable bonds is 7. The zero-order valence-corrected chi connectivity index (χ0v) is 9.91. The van der Waals surface area contributed by atoms with Gasteiger partial charge in [0.1, 0.15) is 0 Å². The summed E-state index contributed by atoms with van der Waals surface area (Å²) in [5.41, 5.74) is 5.32. The van der Waals surface area contributed by atoms with Crippen LogP contribution in [0.3, 0.4) is 0 Å². The Labute approximate surface area is 99.0 Å². The minimum Gasteiger partial charge on any atom is -0.393 e. The molecule has 0 heterocycles. The summed E-state index contributed by atoms with van der Waals surface area (Å²) in [5.74, 6) is 0. The molecule has 1 aliphatic rings. The molecule has 0 aliphatic heterocycles. The second-order valence-corrected chi connectivity index (χ2v) is 4.76. The molecule has 0 aromatic carbocycles. The van der Waals surface area contributed by atoms with E-state index in [-0.39, 0.29) is 6.04 Å². The Kier molecular flexibility index (Phi) is 4.98. The number of alkyl halides is 3. The number of nitrogens with zero attached hydrogens (tertiary/aromatic N) is 1. The number of thiocarbonyl (C=S) groups is 1. The van der Waals surface area contributed by atoms with E-state index in [1.807, 2.05) is 0 Å². The molecular weight excluding hydrogens is 237 g/mol. The van der Waals surface area contributed by atoms with Crippen molar-refractivity contribution < 1.29 is 13.2 Å². The fraction of sp³-hybridized carbons (Fsp3) is 0.900. The minimum absolute atomic E-state index is 0.145. The fourth-order valence-electron chi connectivity index (χ4n) is 1.67. The maximum Gasteiger partial charge on any atom is 0.401 e. The molecule has 1 rings (SSSR count). The molecule has 16 heavy (non-hydrogen) atoms. The van der Waals surface area contributed by atoms with Crippen molar-refractivity contribution in [1.29, 1.82) is 0 Å². The van der Waals surface area contributed by atoms with Gasteiger partial charge in [-0.2, -0.15) is 13.2 Å². The summed E-state index contributed by atoms with van der Waals surface area (Å²) in [6, 6.07) is 0.145. The lowest BCUT2D eigenvalue weighted by molar-refractivity contribution is -0.147. The van der Waals surface area contributed by atoms with E-state index in [0.717, 1.165) is 25.7 Å². The van der Waals surface area contributed by atoms with E-state index < -0.39 is 12.7 Å². The molecule has 2 nitrogen and oxygen atoms in total. The minimum atomic E-state index is -4.09. The predicted octanol–water partition coefficient (Wildman–Crippen LogP) is 2.47. The number of halogens is 3. The highest BCUT2D eigenvalue weighted by Gasteiger charge is 2.37. The topological polar surface area (TPSA) is 29.3 Å². The zero-order valence-electron chi connectivity index (χ0n) is 9.09. The van der Waals surface area contributed by atoms with Crippen molar-refractivity contribution in [1.82, 2.24) is 4.90 Å². The van der Waals surface area contributed by atoms with Crippen LogP contribution in [0.2, 0.25) is 0 Å². The number of unbranched alkanes of at least 4 members (excludes halogenated alkanes) is 1. The predicted molar refractivity (Wildman–Crippen MR) is 61.3 cm³/mol. The maximum absolute atomic E-state index is 12.2. The van der Waals surface area contributed by atoms with E-state index in [1.54, 1.807) is 0 Å². The highest BCUT2D eigenvalue weighted by Crippen LogP contribution is 2.30. The molecule has 0 radical (unpaired) electrons. The van der Waals surface area contributed by atoms with Gasteiger partial charge in [0.2, 0.25) is 0 Å². The Morgan fingerprint density at radius 1 is 1.31 bits per heavy atom. The van der Waals surface area contributed by atoms with Crippen molar-refractivity contribution in [3.05, 3.63) is 0 Å². The van der Waals surface area contributed by atoms with E-state index in [2.05, 4.69) is 0 Å². The number of hydrogen-bond donors (Lipinski definition) is 1. The summed E-state index contributed by atoms with van der Waals surface area (Å²) >= 11 is 4.71. The first-order valence-electron chi connectivity index (χ1n) is 5.47. The molecule has 0 aromatic heterocycles. The smallest absolute Gasteiger partial charge is 0.393 e. The second-order valence-electron chi connectivity index (χ2n) is 4.24. The molecule has 1 fully saturated rings. The summed E-state index contributed by atoms with van der Waals surface area (Å²) in [6.07, 6.45) is -0.178. The molecule has 0 spiro atoms. The van der Waals surface area contributed by atoms with Gasteiger partial charge in [0.25, 0.3) is 0 Å². The van der Waals surface area contributed by atoms with Crippen molar-refractivity contribution >= 4 is 17.2 Å². The van der Waals surface area contributed by atoms with Crippen LogP contribution in [-0.2, 0) is 0 Å². The monoisotopic (exact) mass is 254 g/mol. The van der Waals surface area contributed by atoms with Gasteiger partial charge in [-0.05, 0) is 38.6 Å². The van der Waals surface area contributed by atoms with E-state index in [0.29, 0.717) is 18.0 Å². The van der Waals surface area contributed by atoms with Gasteiger partial charge in [0.15, 0.2) is 0 Å². The summed E-state index contributed by atoms with van der Waals surface area (Å²) in [5, 5.41) is 0. The molecule has 0 atom stereocenters. The van der Waals surface area contributed by atoms with Gasteiger partial charge in [-0.15, -0.1) is 0 Å². The molecule has 1 saturated carbocycles. The molecule has 2 N–H and O–H groups in total. The average Bonchev–Trinajstić information content (AvgIpc) is 2.90. The fourth-order valence-corrected chi connectivity index (χ4v) is 1.82. The van der Waals surface area contributed by atoms with Crippen LogP contribution in [0.15, 0.2) is 0 Å². The third-order valence-corrected chi connectivity index (χ3v) is 2.77. The van der Waals surface area contributed by atoms with Crippen molar-refractivity contribution in [2.75, 3.05) is 13.1 Å². The Hall–Kier alpha value is -0.360. The summed E-state index contributed by atoms with van der Waals surface area (Å²) < 4.78 is 36.7. The molecule has 0 aromatic rings. The lowest BCUT2D eigenvalue weighted by Crippen LogP contribution is -2.36. The first kappa shape index (κ1) is 13.7. The van der Waals surface area contributed by atoms with Crippen LogP contribution >= 0.6 is 12.2 Å². The Balaban J connectivity index is 2.21. The summed E-state index contributed by atoms with van der Waals surface area (Å²) in [4.78, 5) is 1.97. The maximum atomic E-state index is 12.2. The van der Waals surface area contributed by atoms with Crippen molar-refractivity contribution in [3.8, 4) is 0 Å². The van der Waals surface area contributed by atoms with Crippen molar-refractivity contribution in [2.45, 2.75) is 44.3 Å². The van der Waals surface area contributed by atoms with Crippen LogP contribution in [0.4, 0.5) is 13.2 Å².